The number of likely N-dealkylation sites (N-methyl/N-ethyl adjacent to an activating group) is 7. The number of nitrogens with zero attached hydrogens (tertiary/aromatic N) is 7. The summed E-state index contributed by atoms with van der Waals surface area (Å²) in [6.07, 6.45) is 4.41. The van der Waals surface area contributed by atoms with Gasteiger partial charge in [-0.15, -0.1) is 0 Å². The molecule has 0 spiro atoms. The van der Waals surface area contributed by atoms with E-state index in [4.69, 9.17) is 5.73 Å². The van der Waals surface area contributed by atoms with Crippen molar-refractivity contribution in [1.82, 2.24) is 50.2 Å². The minimum Gasteiger partial charge on any atom is -0.390 e. The van der Waals surface area contributed by atoms with Crippen molar-refractivity contribution in [3.63, 3.8) is 0 Å². The van der Waals surface area contributed by atoms with Crippen molar-refractivity contribution in [2.24, 2.45) is 47.2 Å². The highest BCUT2D eigenvalue weighted by molar-refractivity contribution is 5.98. The average molecular weight is 1200 g/mol. The summed E-state index contributed by atoms with van der Waals surface area (Å²) in [7, 11) is 10.2. The van der Waals surface area contributed by atoms with Gasteiger partial charge in [-0.05, 0) is 101 Å². The first kappa shape index (κ1) is 78.9. The summed E-state index contributed by atoms with van der Waals surface area (Å²) in [5.41, 5.74) is 5.79. The van der Waals surface area contributed by atoms with Gasteiger partial charge in [0.15, 0.2) is 0 Å². The van der Waals surface area contributed by atoms with Crippen LogP contribution in [0, 0.1) is 41.4 Å². The minimum absolute atomic E-state index is 0.0320. The van der Waals surface area contributed by atoms with Crippen LogP contribution in [0.1, 0.15) is 163 Å². The van der Waals surface area contributed by atoms with Gasteiger partial charge in [0.25, 0.3) is 0 Å². The maximum Gasteiger partial charge on any atom is 0.246 e. The largest absolute Gasteiger partial charge is 0.390 e. The molecule has 85 heavy (non-hydrogen) atoms. The number of allylic oxidation sites excluding steroid dienone is 2. The van der Waals surface area contributed by atoms with Crippen LogP contribution in [0.15, 0.2) is 12.2 Å². The number of carbonyl (C=O) groups is 11. The molecule has 0 aromatic carbocycles. The fourth-order valence-electron chi connectivity index (χ4n) is 10.3. The normalized spacial score (nSPS) is 15.7. The van der Waals surface area contributed by atoms with Crippen molar-refractivity contribution in [1.29, 1.82) is 0 Å². The second-order valence-corrected chi connectivity index (χ2v) is 25.8. The fourth-order valence-corrected chi connectivity index (χ4v) is 10.3. The van der Waals surface area contributed by atoms with E-state index < -0.39 is 137 Å². The van der Waals surface area contributed by atoms with Crippen LogP contribution in [-0.2, 0) is 52.7 Å². The van der Waals surface area contributed by atoms with Crippen LogP contribution in [0.5, 0.6) is 0 Å². The molecule has 23 heteroatoms. The summed E-state index contributed by atoms with van der Waals surface area (Å²) in [6, 6.07) is -10.5. The zero-order valence-electron chi connectivity index (χ0n) is 56.3. The second kappa shape index (κ2) is 36.8. The SMILES string of the molecule is C/C=C/C[C@@H](C)[C@@H](O)[C@@H](C(N)=O)N(C)C(=O)[C@@H](C(C)C)N(C)C(=O)[C@H](CC(C)C)N(C)C(=O)[C@H](CC(C)C)N(C)C(=O)[C@@H](C)NC(=O)[C@H](C)NC(=O)[C@H](CC(C)C)N(C)C(=O)[C@@H](NC(=O)[C@H](CC(C)C)N(C)C(=O)CN(C)C(=O)CCC)C(C)C. The molecule has 0 saturated heterocycles. The molecular formula is C62H113N11O12. The predicted octanol–water partition coefficient (Wildman–Crippen LogP) is 3.65. The highest BCUT2D eigenvalue weighted by Crippen LogP contribution is 2.25. The van der Waals surface area contributed by atoms with E-state index in [0.717, 1.165) is 4.90 Å². The maximum atomic E-state index is 14.8. The molecular weight excluding hydrogens is 1090 g/mol. The van der Waals surface area contributed by atoms with Crippen LogP contribution in [0.4, 0.5) is 0 Å². The van der Waals surface area contributed by atoms with E-state index in [1.807, 2.05) is 81.4 Å². The lowest BCUT2D eigenvalue weighted by Gasteiger charge is -2.41. The molecule has 0 radical (unpaired) electrons. The third-order valence-corrected chi connectivity index (χ3v) is 15.6. The maximum absolute atomic E-state index is 14.8. The highest BCUT2D eigenvalue weighted by atomic mass is 16.3. The van der Waals surface area contributed by atoms with E-state index in [-0.39, 0.29) is 68.2 Å². The van der Waals surface area contributed by atoms with E-state index >= 15 is 0 Å². The number of primary amides is 1. The molecule has 0 aliphatic carbocycles. The Balaban J connectivity index is 6.71. The number of hydrogen-bond donors (Lipinski definition) is 5. The van der Waals surface area contributed by atoms with Crippen LogP contribution in [0.2, 0.25) is 0 Å². The highest BCUT2D eigenvalue weighted by Gasteiger charge is 2.44. The number of rotatable bonds is 36. The molecule has 11 amide bonds. The van der Waals surface area contributed by atoms with Crippen LogP contribution in [0.3, 0.4) is 0 Å². The zero-order valence-corrected chi connectivity index (χ0v) is 56.3. The third-order valence-electron chi connectivity index (χ3n) is 15.6. The molecule has 0 rings (SSSR count). The summed E-state index contributed by atoms with van der Waals surface area (Å²) in [5, 5.41) is 19.5. The van der Waals surface area contributed by atoms with Gasteiger partial charge >= 0.3 is 0 Å². The molecule has 0 unspecified atom stereocenters. The van der Waals surface area contributed by atoms with E-state index in [2.05, 4.69) is 16.0 Å². The van der Waals surface area contributed by atoms with Gasteiger partial charge in [-0.3, -0.25) is 52.7 Å². The molecule has 0 bridgehead atoms. The fraction of sp³-hybridized carbons (Fsp3) is 0.790. The Labute approximate surface area is 509 Å². The van der Waals surface area contributed by atoms with Gasteiger partial charge in [0.1, 0.15) is 54.4 Å². The van der Waals surface area contributed by atoms with Crippen LogP contribution >= 0.6 is 0 Å². The van der Waals surface area contributed by atoms with Crippen molar-refractivity contribution in [2.45, 2.75) is 223 Å². The Morgan fingerprint density at radius 3 is 1.28 bits per heavy atom. The third kappa shape index (κ3) is 23.9. The first-order chi connectivity index (χ1) is 39.1. The van der Waals surface area contributed by atoms with Gasteiger partial charge in [0.2, 0.25) is 65.0 Å². The molecule has 23 nitrogen and oxygen atoms in total. The molecule has 0 fully saturated rings. The smallest absolute Gasteiger partial charge is 0.246 e. The molecule has 0 aliphatic heterocycles. The van der Waals surface area contributed by atoms with Gasteiger partial charge in [-0.25, -0.2) is 0 Å². The molecule has 0 heterocycles. The van der Waals surface area contributed by atoms with Gasteiger partial charge in [-0.1, -0.05) is 109 Å². The standard InChI is InChI=1S/C62H113N11O12/c1-25-27-29-41(15)53(76)52(54(63)77)73(24)62(85)51(40(13)14)72(23)60(83)47(33-38(9)10)71(22)59(82)46(32-37(7)8)70(21)58(81)43(17)65-55(78)42(16)64-56(79)45(31-36(5)6)69(20)61(84)50(39(11)12)66-57(80)44(30-35(3)4)68(19)49(75)34-67(18)48(74)28-26-2/h25,27,35-47,50-53,76H,26,28-34H2,1-24H3,(H2,63,77)(H,64,79)(H,65,78)(H,66,80)/b27-25+/t41-,42+,43-,44+,45+,46+,47+,50+,51-,52+,53-/m1/s1. The quantitative estimate of drug-likeness (QED) is 0.0562. The molecule has 11 atom stereocenters. The number of amides is 11. The summed E-state index contributed by atoms with van der Waals surface area (Å²) in [5.74, 6) is -8.37. The number of nitrogens with two attached hydrogens (primary N) is 1. The average Bonchev–Trinajstić information content (AvgIpc) is 2.50. The minimum atomic E-state index is -1.40. The number of aliphatic hydroxyl groups is 1. The molecule has 0 aromatic rings. The topological polar surface area (TPSA) is 293 Å². The number of carbonyl (C=O) groups excluding carboxylic acids is 11. The molecule has 488 valence electrons. The van der Waals surface area contributed by atoms with Gasteiger partial charge in [-0.2, -0.15) is 0 Å². The van der Waals surface area contributed by atoms with Crippen molar-refractivity contribution in [3.8, 4) is 0 Å². The lowest BCUT2D eigenvalue weighted by Crippen LogP contribution is -2.62. The van der Waals surface area contributed by atoms with E-state index in [1.54, 1.807) is 34.6 Å². The van der Waals surface area contributed by atoms with Crippen molar-refractivity contribution in [3.05, 3.63) is 12.2 Å². The molecule has 6 N–H and O–H groups in total. The number of aliphatic hydroxyl groups excluding tert-OH is 1. The summed E-state index contributed by atoms with van der Waals surface area (Å²) >= 11 is 0. The summed E-state index contributed by atoms with van der Waals surface area (Å²) in [4.78, 5) is 162. The first-order valence-corrected chi connectivity index (χ1v) is 30.5. The Bertz CT molecular complexity index is 2270. The number of hydrogen-bond acceptors (Lipinski definition) is 12. The Hall–Kier alpha value is -6.13. The van der Waals surface area contributed by atoms with Crippen molar-refractivity contribution in [2.75, 3.05) is 55.9 Å². The summed E-state index contributed by atoms with van der Waals surface area (Å²) < 4.78 is 0. The van der Waals surface area contributed by atoms with Crippen LogP contribution in [-0.4, -0.2) is 221 Å². The van der Waals surface area contributed by atoms with E-state index in [9.17, 15) is 57.8 Å². The van der Waals surface area contributed by atoms with Crippen molar-refractivity contribution < 1.29 is 57.8 Å². The predicted molar refractivity (Wildman–Crippen MR) is 330 cm³/mol. The Kier molecular flexibility index (Phi) is 34.1. The van der Waals surface area contributed by atoms with Gasteiger partial charge in [0.05, 0.1) is 12.6 Å². The zero-order chi connectivity index (χ0) is 66.4. The second-order valence-electron chi connectivity index (χ2n) is 25.8. The van der Waals surface area contributed by atoms with E-state index in [1.165, 1.54) is 92.6 Å². The van der Waals surface area contributed by atoms with Crippen LogP contribution < -0.4 is 21.7 Å². The summed E-state index contributed by atoms with van der Waals surface area (Å²) in [6.45, 7) is 30.0. The lowest BCUT2D eigenvalue weighted by molar-refractivity contribution is -0.157. The molecule has 0 aromatic heterocycles. The van der Waals surface area contributed by atoms with Gasteiger partial charge < -0.3 is 61.1 Å². The monoisotopic (exact) mass is 1200 g/mol. The van der Waals surface area contributed by atoms with Crippen LogP contribution in [0.25, 0.3) is 0 Å². The van der Waals surface area contributed by atoms with Gasteiger partial charge in [0, 0.05) is 55.8 Å². The molecule has 0 saturated carbocycles. The lowest BCUT2D eigenvalue weighted by atomic mass is 9.92. The number of nitrogens with one attached hydrogen (secondary N) is 3. The van der Waals surface area contributed by atoms with Crippen molar-refractivity contribution >= 4 is 65.0 Å². The molecule has 0 aliphatic rings. The van der Waals surface area contributed by atoms with E-state index in [0.29, 0.717) is 12.8 Å². The Morgan fingerprint density at radius 2 is 0.859 bits per heavy atom. The Morgan fingerprint density at radius 1 is 0.459 bits per heavy atom. The first-order valence-electron chi connectivity index (χ1n) is 30.5.